The van der Waals surface area contributed by atoms with E-state index in [0.29, 0.717) is 6.42 Å². The van der Waals surface area contributed by atoms with E-state index in [2.05, 4.69) is 0 Å². The molecule has 17 heavy (non-hydrogen) atoms. The summed E-state index contributed by atoms with van der Waals surface area (Å²) in [6.45, 7) is 9.17. The Morgan fingerprint density at radius 2 is 1.65 bits per heavy atom. The fraction of sp³-hybridized carbons (Fsp3) is 0.909. The van der Waals surface area contributed by atoms with Gasteiger partial charge < -0.3 is 13.8 Å². The molecule has 0 heterocycles. The number of esters is 1. The summed E-state index contributed by atoms with van der Waals surface area (Å²) in [5, 5.41) is 0. The van der Waals surface area contributed by atoms with Crippen LogP contribution in [0.15, 0.2) is 0 Å². The van der Waals surface area contributed by atoms with Crippen LogP contribution in [0.1, 0.15) is 41.0 Å². The van der Waals surface area contributed by atoms with Gasteiger partial charge >= 0.3 is 13.6 Å². The van der Waals surface area contributed by atoms with Crippen molar-refractivity contribution in [2.75, 3.05) is 13.2 Å². The van der Waals surface area contributed by atoms with Gasteiger partial charge in [0.05, 0.1) is 13.2 Å². The Kier molecular flexibility index (Phi) is 7.68. The van der Waals surface area contributed by atoms with Crippen molar-refractivity contribution in [3.05, 3.63) is 0 Å². The SMILES string of the molecule is CCOP(=O)(OCC)[C@@H](CC(C)C)OC(C)=O. The molecule has 0 aliphatic rings. The van der Waals surface area contributed by atoms with E-state index < -0.39 is 19.4 Å². The molecule has 6 heteroatoms. The van der Waals surface area contributed by atoms with Crippen molar-refractivity contribution in [3.63, 3.8) is 0 Å². The molecule has 0 fully saturated rings. The maximum atomic E-state index is 12.5. The van der Waals surface area contributed by atoms with Crippen LogP contribution in [0.3, 0.4) is 0 Å². The summed E-state index contributed by atoms with van der Waals surface area (Å²) >= 11 is 0. The van der Waals surface area contributed by atoms with Crippen LogP contribution in [0.4, 0.5) is 0 Å². The zero-order chi connectivity index (χ0) is 13.5. The molecule has 0 rings (SSSR count). The molecular weight excluding hydrogens is 243 g/mol. The fourth-order valence-electron chi connectivity index (χ4n) is 1.40. The molecule has 0 aromatic heterocycles. The molecule has 0 amide bonds. The van der Waals surface area contributed by atoms with E-state index in [9.17, 15) is 9.36 Å². The first kappa shape index (κ1) is 16.6. The minimum absolute atomic E-state index is 0.230. The number of hydrogen-bond acceptors (Lipinski definition) is 5. The van der Waals surface area contributed by atoms with E-state index in [0.717, 1.165) is 0 Å². The van der Waals surface area contributed by atoms with Gasteiger partial charge in [0.2, 0.25) is 5.85 Å². The summed E-state index contributed by atoms with van der Waals surface area (Å²) in [4.78, 5) is 11.0. The first-order valence-electron chi connectivity index (χ1n) is 5.91. The third-order valence-corrected chi connectivity index (χ3v) is 4.20. The topological polar surface area (TPSA) is 61.8 Å². The second-order valence-electron chi connectivity index (χ2n) is 4.07. The van der Waals surface area contributed by atoms with E-state index in [1.54, 1.807) is 13.8 Å². The number of carbonyl (C=O) groups excluding carboxylic acids is 1. The Labute approximate surface area is 103 Å². The second kappa shape index (κ2) is 7.85. The minimum Gasteiger partial charge on any atom is -0.450 e. The van der Waals surface area contributed by atoms with E-state index in [1.165, 1.54) is 6.92 Å². The van der Waals surface area contributed by atoms with Crippen LogP contribution in [0, 0.1) is 5.92 Å². The van der Waals surface area contributed by atoms with Gasteiger partial charge in [0.1, 0.15) is 0 Å². The molecule has 0 N–H and O–H groups in total. The Balaban J connectivity index is 4.91. The van der Waals surface area contributed by atoms with Crippen LogP contribution in [-0.4, -0.2) is 25.0 Å². The normalized spacial score (nSPS) is 13.8. The summed E-state index contributed by atoms with van der Waals surface area (Å²) < 4.78 is 27.9. The number of ether oxygens (including phenoxy) is 1. The highest BCUT2D eigenvalue weighted by atomic mass is 31.2. The number of hydrogen-bond donors (Lipinski definition) is 0. The zero-order valence-corrected chi connectivity index (χ0v) is 12.2. The summed E-state index contributed by atoms with van der Waals surface area (Å²) in [7, 11) is -3.38. The Hall–Kier alpha value is -0.380. The highest BCUT2D eigenvalue weighted by Crippen LogP contribution is 2.55. The smallest absolute Gasteiger partial charge is 0.370 e. The molecule has 1 atom stereocenters. The van der Waals surface area contributed by atoms with Crippen molar-refractivity contribution in [2.45, 2.75) is 46.9 Å². The third kappa shape index (κ3) is 6.20. The van der Waals surface area contributed by atoms with Crippen LogP contribution >= 0.6 is 7.60 Å². The van der Waals surface area contributed by atoms with Crippen LogP contribution in [-0.2, 0) is 23.1 Å². The third-order valence-electron chi connectivity index (χ3n) is 1.95. The van der Waals surface area contributed by atoms with Crippen LogP contribution < -0.4 is 0 Å². The molecule has 5 nitrogen and oxygen atoms in total. The molecule has 0 saturated heterocycles. The van der Waals surface area contributed by atoms with Crippen molar-refractivity contribution in [1.82, 2.24) is 0 Å². The van der Waals surface area contributed by atoms with Crippen molar-refractivity contribution in [3.8, 4) is 0 Å². The lowest BCUT2D eigenvalue weighted by atomic mass is 10.1. The first-order valence-corrected chi connectivity index (χ1v) is 7.52. The summed E-state index contributed by atoms with van der Waals surface area (Å²) in [6, 6.07) is 0. The molecule has 0 spiro atoms. The maximum Gasteiger partial charge on any atom is 0.370 e. The molecule has 0 radical (unpaired) electrons. The van der Waals surface area contributed by atoms with Gasteiger partial charge in [0.25, 0.3) is 0 Å². The van der Waals surface area contributed by atoms with Crippen LogP contribution in [0.2, 0.25) is 0 Å². The number of rotatable bonds is 8. The Bertz CT molecular complexity index is 267. The van der Waals surface area contributed by atoms with Gasteiger partial charge in [0, 0.05) is 6.92 Å². The molecule has 0 aliphatic carbocycles. The average Bonchev–Trinajstić information content (AvgIpc) is 2.15. The molecule has 0 aromatic rings. The Morgan fingerprint density at radius 1 is 1.18 bits per heavy atom. The first-order chi connectivity index (χ1) is 7.85. The maximum absolute atomic E-state index is 12.5. The van der Waals surface area contributed by atoms with Gasteiger partial charge in [-0.05, 0) is 26.2 Å². The van der Waals surface area contributed by atoms with Crippen molar-refractivity contribution >= 4 is 13.6 Å². The minimum atomic E-state index is -3.38. The Morgan fingerprint density at radius 3 is 1.94 bits per heavy atom. The van der Waals surface area contributed by atoms with Gasteiger partial charge in [-0.3, -0.25) is 9.36 Å². The largest absolute Gasteiger partial charge is 0.450 e. The van der Waals surface area contributed by atoms with Crippen LogP contribution in [0.5, 0.6) is 0 Å². The lowest BCUT2D eigenvalue weighted by Crippen LogP contribution is -2.21. The van der Waals surface area contributed by atoms with E-state index >= 15 is 0 Å². The quantitative estimate of drug-likeness (QED) is 0.498. The van der Waals surface area contributed by atoms with E-state index in [-0.39, 0.29) is 19.1 Å². The highest BCUT2D eigenvalue weighted by molar-refractivity contribution is 7.54. The predicted octanol–water partition coefficient (Wildman–Crippen LogP) is 3.19. The van der Waals surface area contributed by atoms with E-state index in [1.807, 2.05) is 13.8 Å². The van der Waals surface area contributed by atoms with Gasteiger partial charge in [-0.25, -0.2) is 0 Å². The van der Waals surface area contributed by atoms with Crippen molar-refractivity contribution in [2.24, 2.45) is 5.92 Å². The van der Waals surface area contributed by atoms with Crippen molar-refractivity contribution < 1.29 is 23.1 Å². The number of carbonyl (C=O) groups is 1. The zero-order valence-electron chi connectivity index (χ0n) is 11.3. The summed E-state index contributed by atoms with van der Waals surface area (Å²) in [5.74, 6) is -1.07. The van der Waals surface area contributed by atoms with Crippen molar-refractivity contribution in [1.29, 1.82) is 0 Å². The lowest BCUT2D eigenvalue weighted by molar-refractivity contribution is -0.144. The summed E-state index contributed by atoms with van der Waals surface area (Å²) in [5.41, 5.74) is 0. The molecular formula is C11H23O5P. The fourth-order valence-corrected chi connectivity index (χ4v) is 3.48. The average molecular weight is 266 g/mol. The van der Waals surface area contributed by atoms with Gasteiger partial charge in [-0.1, -0.05) is 13.8 Å². The predicted molar refractivity (Wildman–Crippen MR) is 65.9 cm³/mol. The van der Waals surface area contributed by atoms with Gasteiger partial charge in [0.15, 0.2) is 0 Å². The molecule has 0 saturated carbocycles. The molecule has 0 aliphatic heterocycles. The second-order valence-corrected chi connectivity index (χ2v) is 6.24. The monoisotopic (exact) mass is 266 g/mol. The molecule has 102 valence electrons. The molecule has 0 bridgehead atoms. The van der Waals surface area contributed by atoms with Gasteiger partial charge in [-0.15, -0.1) is 0 Å². The molecule has 0 unspecified atom stereocenters. The standard InChI is InChI=1S/C11H23O5P/c1-6-14-17(13,15-7-2)11(8-9(3)4)16-10(5)12/h9,11H,6-8H2,1-5H3/t11-/m0/s1. The molecule has 0 aromatic carbocycles. The van der Waals surface area contributed by atoms with E-state index in [4.69, 9.17) is 13.8 Å². The van der Waals surface area contributed by atoms with Gasteiger partial charge in [-0.2, -0.15) is 0 Å². The summed E-state index contributed by atoms with van der Waals surface area (Å²) in [6.07, 6.45) is 0.455. The highest BCUT2D eigenvalue weighted by Gasteiger charge is 2.38. The van der Waals surface area contributed by atoms with Crippen LogP contribution in [0.25, 0.3) is 0 Å². The lowest BCUT2D eigenvalue weighted by Gasteiger charge is -2.26.